The van der Waals surface area contributed by atoms with E-state index < -0.39 is 10.0 Å². The van der Waals surface area contributed by atoms with Crippen LogP contribution in [0.25, 0.3) is 16.7 Å². The van der Waals surface area contributed by atoms with Gasteiger partial charge in [0.2, 0.25) is 10.0 Å². The van der Waals surface area contributed by atoms with Crippen LogP contribution in [0.1, 0.15) is 50.1 Å². The molecule has 0 amide bonds. The third-order valence-corrected chi connectivity index (χ3v) is 9.16. The van der Waals surface area contributed by atoms with E-state index in [0.717, 1.165) is 25.7 Å². The highest BCUT2D eigenvalue weighted by atomic mass is 32.2. The molecular weight excluding hydrogens is 372 g/mol. The molecule has 3 heterocycles. The van der Waals surface area contributed by atoms with Gasteiger partial charge in [0.1, 0.15) is 0 Å². The van der Waals surface area contributed by atoms with Crippen LogP contribution in [-0.4, -0.2) is 46.3 Å². The van der Waals surface area contributed by atoms with Crippen molar-refractivity contribution < 1.29 is 8.42 Å². The third-order valence-electron chi connectivity index (χ3n) is 7.38. The highest BCUT2D eigenvalue weighted by Crippen LogP contribution is 2.65. The first-order chi connectivity index (χ1) is 13.5. The molecule has 2 aromatic rings. The molecule has 146 valence electrons. The number of aromatic nitrogens is 3. The summed E-state index contributed by atoms with van der Waals surface area (Å²) in [7, 11) is -3.15. The minimum absolute atomic E-state index is 0.0549. The lowest BCUT2D eigenvalue weighted by atomic mass is 9.76. The third kappa shape index (κ3) is 1.84. The van der Waals surface area contributed by atoms with E-state index in [9.17, 15) is 8.42 Å². The Morgan fingerprint density at radius 3 is 2.64 bits per heavy atom. The fourth-order valence-corrected chi connectivity index (χ4v) is 6.78. The quantitative estimate of drug-likeness (QED) is 0.797. The first kappa shape index (κ1) is 16.9. The molecule has 4 aliphatic rings. The molecule has 1 saturated carbocycles. The van der Waals surface area contributed by atoms with Crippen molar-refractivity contribution in [2.24, 2.45) is 0 Å². The fraction of sp³-hybridized carbons (Fsp3) is 0.524. The van der Waals surface area contributed by atoms with E-state index in [-0.39, 0.29) is 16.7 Å². The number of sulfonamides is 1. The predicted molar refractivity (Wildman–Crippen MR) is 107 cm³/mol. The second-order valence-corrected chi connectivity index (χ2v) is 10.9. The van der Waals surface area contributed by atoms with Crippen molar-refractivity contribution in [3.05, 3.63) is 41.5 Å². The zero-order chi connectivity index (χ0) is 19.3. The number of pyridine rings is 1. The molecule has 28 heavy (non-hydrogen) atoms. The van der Waals surface area contributed by atoms with Crippen molar-refractivity contribution in [1.82, 2.24) is 19.1 Å². The number of hydrogen-bond donors (Lipinski definition) is 0. The molecule has 0 atom stereocenters. The van der Waals surface area contributed by atoms with Crippen molar-refractivity contribution in [3.8, 4) is 11.1 Å². The molecule has 0 bridgehead atoms. The van der Waals surface area contributed by atoms with Gasteiger partial charge in [0.15, 0.2) is 0 Å². The Hall–Kier alpha value is -1.99. The van der Waals surface area contributed by atoms with E-state index in [1.807, 2.05) is 12.4 Å². The Morgan fingerprint density at radius 2 is 1.96 bits per heavy atom. The second kappa shape index (κ2) is 5.13. The fourth-order valence-electron chi connectivity index (χ4n) is 5.54. The van der Waals surface area contributed by atoms with Crippen molar-refractivity contribution >= 4 is 15.6 Å². The average Bonchev–Trinajstić information content (AvgIpc) is 3.12. The number of hydrogen-bond acceptors (Lipinski definition) is 4. The maximum atomic E-state index is 12.3. The van der Waals surface area contributed by atoms with Crippen LogP contribution in [0.5, 0.6) is 0 Å². The van der Waals surface area contributed by atoms with Crippen LogP contribution in [0.3, 0.4) is 0 Å². The van der Waals surface area contributed by atoms with E-state index in [1.54, 1.807) is 11.2 Å². The summed E-state index contributed by atoms with van der Waals surface area (Å²) in [6.45, 7) is 4.91. The summed E-state index contributed by atoms with van der Waals surface area (Å²) in [4.78, 5) is 4.61. The van der Waals surface area contributed by atoms with Gasteiger partial charge in [-0.15, -0.1) is 0 Å². The highest BCUT2D eigenvalue weighted by molar-refractivity contribution is 7.89. The van der Waals surface area contributed by atoms with Crippen LogP contribution in [0, 0.1) is 0 Å². The Morgan fingerprint density at radius 1 is 1.18 bits per heavy atom. The lowest BCUT2D eigenvalue weighted by molar-refractivity contribution is 0.0595. The molecule has 1 saturated heterocycles. The van der Waals surface area contributed by atoms with Crippen molar-refractivity contribution in [2.45, 2.75) is 50.5 Å². The topological polar surface area (TPSA) is 68.1 Å². The monoisotopic (exact) mass is 396 g/mol. The summed E-state index contributed by atoms with van der Waals surface area (Å²) >= 11 is 0. The standard InChI is InChI=1S/C21H24N4O2S/c1-3-20(12-24(13-20)28(26,27)4-2)25-19-15(11-23-25)14-7-10-22-17-6-5-16(18(14)17)21(19)8-9-21/h5,7,10-11H,3-4,6,8-9,12-13H2,1-2H3. The normalized spacial score (nSPS) is 23.1. The smallest absolute Gasteiger partial charge is 0.213 e. The molecule has 7 heteroatoms. The average molecular weight is 397 g/mol. The predicted octanol–water partition coefficient (Wildman–Crippen LogP) is 2.70. The van der Waals surface area contributed by atoms with Crippen LogP contribution in [0.15, 0.2) is 24.5 Å². The van der Waals surface area contributed by atoms with E-state index >= 15 is 0 Å². The van der Waals surface area contributed by atoms with Crippen molar-refractivity contribution in [3.63, 3.8) is 0 Å². The molecule has 0 aromatic carbocycles. The van der Waals surface area contributed by atoms with Gasteiger partial charge in [-0.3, -0.25) is 9.67 Å². The van der Waals surface area contributed by atoms with Gasteiger partial charge in [-0.25, -0.2) is 8.42 Å². The lowest BCUT2D eigenvalue weighted by Crippen LogP contribution is -2.64. The molecule has 0 radical (unpaired) electrons. The highest BCUT2D eigenvalue weighted by Gasteiger charge is 2.59. The molecule has 1 aliphatic heterocycles. The number of fused-ring (bicyclic) bond motifs is 4. The summed E-state index contributed by atoms with van der Waals surface area (Å²) < 4.78 is 28.5. The van der Waals surface area contributed by atoms with Gasteiger partial charge in [-0.2, -0.15) is 9.40 Å². The van der Waals surface area contributed by atoms with Crippen LogP contribution in [0.2, 0.25) is 0 Å². The minimum Gasteiger partial charge on any atom is -0.260 e. The van der Waals surface area contributed by atoms with Gasteiger partial charge in [0.05, 0.1) is 28.9 Å². The minimum atomic E-state index is -3.15. The Balaban J connectivity index is 1.52. The molecule has 3 aliphatic carbocycles. The van der Waals surface area contributed by atoms with E-state index in [2.05, 4.69) is 28.7 Å². The zero-order valence-electron chi connectivity index (χ0n) is 16.3. The summed E-state index contributed by atoms with van der Waals surface area (Å²) in [5.41, 5.74) is 7.55. The molecule has 0 unspecified atom stereocenters. The van der Waals surface area contributed by atoms with Gasteiger partial charge in [0.25, 0.3) is 0 Å². The molecule has 2 aromatic heterocycles. The molecular formula is C21H24N4O2S. The molecule has 6 nitrogen and oxygen atoms in total. The first-order valence-corrected chi connectivity index (χ1v) is 11.8. The molecule has 6 rings (SSSR count). The Bertz CT molecular complexity index is 1150. The van der Waals surface area contributed by atoms with Crippen LogP contribution >= 0.6 is 0 Å². The summed E-state index contributed by atoms with van der Waals surface area (Å²) in [6.07, 6.45) is 10.4. The van der Waals surface area contributed by atoms with Gasteiger partial charge < -0.3 is 0 Å². The van der Waals surface area contributed by atoms with E-state index in [0.29, 0.717) is 13.1 Å². The molecule has 0 N–H and O–H groups in total. The lowest BCUT2D eigenvalue weighted by Gasteiger charge is -2.50. The second-order valence-electron chi connectivity index (χ2n) is 8.65. The van der Waals surface area contributed by atoms with E-state index in [1.165, 1.54) is 33.7 Å². The van der Waals surface area contributed by atoms with Gasteiger partial charge in [-0.1, -0.05) is 13.0 Å². The summed E-state index contributed by atoms with van der Waals surface area (Å²) in [5.74, 6) is 0.157. The Kier molecular flexibility index (Phi) is 3.10. The van der Waals surface area contributed by atoms with Crippen LogP contribution < -0.4 is 0 Å². The first-order valence-electron chi connectivity index (χ1n) is 10.2. The summed E-state index contributed by atoms with van der Waals surface area (Å²) in [5, 5.41) is 4.88. The van der Waals surface area contributed by atoms with Crippen molar-refractivity contribution in [1.29, 1.82) is 0 Å². The van der Waals surface area contributed by atoms with Gasteiger partial charge >= 0.3 is 0 Å². The van der Waals surface area contributed by atoms with Gasteiger partial charge in [0, 0.05) is 42.2 Å². The van der Waals surface area contributed by atoms with E-state index in [4.69, 9.17) is 5.10 Å². The maximum Gasteiger partial charge on any atom is 0.213 e. The largest absolute Gasteiger partial charge is 0.260 e. The Labute approximate surface area is 165 Å². The number of allylic oxidation sites excluding steroid dienone is 2. The number of rotatable bonds is 4. The zero-order valence-corrected chi connectivity index (χ0v) is 17.1. The summed E-state index contributed by atoms with van der Waals surface area (Å²) in [6, 6.07) is 2.12. The molecule has 1 spiro atoms. The van der Waals surface area contributed by atoms with Gasteiger partial charge in [-0.05, 0) is 43.4 Å². The van der Waals surface area contributed by atoms with Crippen LogP contribution in [0.4, 0.5) is 0 Å². The SMILES string of the molecule is CCC1(n2ncc3c2C2(CC2)C2=CCc4nccc-3c42)CN(S(=O)(=O)CC)C1. The van der Waals surface area contributed by atoms with Crippen molar-refractivity contribution in [2.75, 3.05) is 18.8 Å². The number of nitrogens with zero attached hydrogens (tertiary/aromatic N) is 4. The van der Waals surface area contributed by atoms with Crippen LogP contribution in [-0.2, 0) is 27.4 Å². The molecule has 2 fully saturated rings. The maximum absolute atomic E-state index is 12.3.